The molecule has 2 saturated heterocycles. The Bertz CT molecular complexity index is 739. The van der Waals surface area contributed by atoms with Crippen LogP contribution in [0.4, 0.5) is 0 Å². The van der Waals surface area contributed by atoms with E-state index in [9.17, 15) is 14.4 Å². The topological polar surface area (TPSA) is 99.5 Å². The summed E-state index contributed by atoms with van der Waals surface area (Å²) in [6.07, 6.45) is 0. The molecule has 1 aromatic rings. The molecule has 0 bridgehead atoms. The van der Waals surface area contributed by atoms with E-state index in [0.29, 0.717) is 11.1 Å². The van der Waals surface area contributed by atoms with Crippen molar-refractivity contribution >= 4 is 17.8 Å². The summed E-state index contributed by atoms with van der Waals surface area (Å²) in [6.45, 7) is 0. The van der Waals surface area contributed by atoms with Crippen LogP contribution in [-0.2, 0) is 19.1 Å². The van der Waals surface area contributed by atoms with Gasteiger partial charge in [0.15, 0.2) is 0 Å². The van der Waals surface area contributed by atoms with E-state index < -0.39 is 29.9 Å². The van der Waals surface area contributed by atoms with Crippen LogP contribution >= 0.6 is 0 Å². The van der Waals surface area contributed by atoms with Gasteiger partial charge in [0.1, 0.15) is 6.04 Å². The summed E-state index contributed by atoms with van der Waals surface area (Å²) in [5.41, 5.74) is 1.15. The van der Waals surface area contributed by atoms with Gasteiger partial charge in [0, 0.05) is 13.1 Å². The fourth-order valence-electron chi connectivity index (χ4n) is 3.41. The molecule has 2 heterocycles. The number of hydrogen-bond acceptors (Lipinski definition) is 6. The third-order valence-corrected chi connectivity index (χ3v) is 4.53. The second-order valence-electron chi connectivity index (χ2n) is 5.67. The number of nitrogens with one attached hydrogen (secondary N) is 1. The first kappa shape index (κ1) is 15.2. The number of amides is 2. The Hall–Kier alpha value is -2.72. The van der Waals surface area contributed by atoms with Gasteiger partial charge in [-0.15, -0.1) is 0 Å². The number of nitriles is 1. The maximum atomic E-state index is 12.4. The number of hydrogen-bond donors (Lipinski definition) is 1. The molecule has 2 amide bonds. The monoisotopic (exact) mass is 313 g/mol. The molecule has 1 N–H and O–H groups in total. The number of benzene rings is 1. The quantitative estimate of drug-likeness (QED) is 0.608. The Kier molecular flexibility index (Phi) is 3.62. The Morgan fingerprint density at radius 3 is 2.65 bits per heavy atom. The lowest BCUT2D eigenvalue weighted by Crippen LogP contribution is -2.42. The molecule has 0 radical (unpaired) electrons. The molecule has 2 fully saturated rings. The van der Waals surface area contributed by atoms with Gasteiger partial charge in [-0.2, -0.15) is 5.26 Å². The molecule has 0 spiro atoms. The van der Waals surface area contributed by atoms with Crippen LogP contribution in [0.5, 0.6) is 0 Å². The minimum Gasteiger partial charge on any atom is -0.468 e. The van der Waals surface area contributed by atoms with Crippen molar-refractivity contribution in [3.8, 4) is 6.07 Å². The van der Waals surface area contributed by atoms with Crippen molar-refractivity contribution in [1.82, 2.24) is 10.2 Å². The highest BCUT2D eigenvalue weighted by atomic mass is 16.5. The van der Waals surface area contributed by atoms with Gasteiger partial charge in [0.05, 0.1) is 30.6 Å². The van der Waals surface area contributed by atoms with Crippen molar-refractivity contribution in [1.29, 1.82) is 5.26 Å². The second-order valence-corrected chi connectivity index (χ2v) is 5.67. The van der Waals surface area contributed by atoms with Gasteiger partial charge in [-0.05, 0) is 17.7 Å². The Morgan fingerprint density at radius 1 is 1.30 bits per heavy atom. The molecular weight excluding hydrogens is 298 g/mol. The van der Waals surface area contributed by atoms with Gasteiger partial charge in [0.2, 0.25) is 11.8 Å². The van der Waals surface area contributed by atoms with Crippen LogP contribution in [-0.4, -0.2) is 42.9 Å². The lowest BCUT2D eigenvalue weighted by molar-refractivity contribution is -0.147. The number of likely N-dealkylation sites (tertiary alicyclic amines) is 1. The zero-order valence-electron chi connectivity index (χ0n) is 12.6. The normalized spacial score (nSPS) is 29.3. The summed E-state index contributed by atoms with van der Waals surface area (Å²) in [5.74, 6) is -2.75. The van der Waals surface area contributed by atoms with Crippen LogP contribution in [0.3, 0.4) is 0 Å². The highest BCUT2D eigenvalue weighted by molar-refractivity contribution is 6.08. The van der Waals surface area contributed by atoms with Crippen LogP contribution in [0.2, 0.25) is 0 Å². The Labute approximate surface area is 132 Å². The SMILES string of the molecule is COC(=O)C1NC(c2cccc(C#N)c2)C2C(=O)N(C)C(=O)C12. The number of imide groups is 1. The predicted molar refractivity (Wildman–Crippen MR) is 77.6 cm³/mol. The molecule has 0 aromatic heterocycles. The van der Waals surface area contributed by atoms with Gasteiger partial charge < -0.3 is 4.74 Å². The largest absolute Gasteiger partial charge is 0.468 e. The average molecular weight is 313 g/mol. The van der Waals surface area contributed by atoms with Crippen LogP contribution < -0.4 is 5.32 Å². The molecule has 4 unspecified atom stereocenters. The minimum atomic E-state index is -0.873. The molecule has 118 valence electrons. The molecule has 0 aliphatic carbocycles. The highest BCUT2D eigenvalue weighted by Gasteiger charge is 2.60. The van der Waals surface area contributed by atoms with Crippen molar-refractivity contribution in [2.24, 2.45) is 11.8 Å². The molecule has 2 aliphatic heterocycles. The summed E-state index contributed by atoms with van der Waals surface area (Å²) >= 11 is 0. The number of nitrogens with zero attached hydrogens (tertiary/aromatic N) is 2. The molecule has 1 aromatic carbocycles. The van der Waals surface area contributed by atoms with Crippen LogP contribution in [0.1, 0.15) is 17.2 Å². The van der Waals surface area contributed by atoms with E-state index in [2.05, 4.69) is 5.32 Å². The maximum Gasteiger partial charge on any atom is 0.323 e. The second kappa shape index (κ2) is 5.48. The first-order chi connectivity index (χ1) is 11.0. The summed E-state index contributed by atoms with van der Waals surface area (Å²) in [4.78, 5) is 37.8. The molecular formula is C16H15N3O4. The summed E-state index contributed by atoms with van der Waals surface area (Å²) in [7, 11) is 2.66. The van der Waals surface area contributed by atoms with E-state index in [0.717, 1.165) is 4.90 Å². The van der Waals surface area contributed by atoms with E-state index in [-0.39, 0.29) is 11.8 Å². The van der Waals surface area contributed by atoms with Gasteiger partial charge in [-0.25, -0.2) is 0 Å². The number of methoxy groups -OCH3 is 1. The maximum absolute atomic E-state index is 12.4. The Balaban J connectivity index is 2.04. The summed E-state index contributed by atoms with van der Waals surface area (Å²) in [5, 5.41) is 12.1. The van der Waals surface area contributed by atoms with Gasteiger partial charge in [-0.3, -0.25) is 24.6 Å². The third-order valence-electron chi connectivity index (χ3n) is 4.53. The zero-order chi connectivity index (χ0) is 16.7. The summed E-state index contributed by atoms with van der Waals surface area (Å²) in [6, 6.07) is 7.44. The zero-order valence-corrected chi connectivity index (χ0v) is 12.6. The molecule has 4 atom stereocenters. The highest BCUT2D eigenvalue weighted by Crippen LogP contribution is 2.43. The number of ether oxygens (including phenoxy) is 1. The van der Waals surface area contributed by atoms with Crippen molar-refractivity contribution < 1.29 is 19.1 Å². The van der Waals surface area contributed by atoms with Crippen molar-refractivity contribution in [2.45, 2.75) is 12.1 Å². The van der Waals surface area contributed by atoms with Crippen molar-refractivity contribution in [3.05, 3.63) is 35.4 Å². The molecule has 7 nitrogen and oxygen atoms in total. The van der Waals surface area contributed by atoms with Crippen molar-refractivity contribution in [3.63, 3.8) is 0 Å². The van der Waals surface area contributed by atoms with Gasteiger partial charge in [-0.1, -0.05) is 12.1 Å². The number of carbonyl (C=O) groups is 3. The fraction of sp³-hybridized carbons (Fsp3) is 0.375. The van der Waals surface area contributed by atoms with E-state index >= 15 is 0 Å². The average Bonchev–Trinajstić information content (AvgIpc) is 3.07. The standard InChI is InChI=1S/C16H15N3O4/c1-19-14(20)10-11(15(19)21)13(16(22)23-2)18-12(10)9-5-3-4-8(6-9)7-17/h3-6,10-13,18H,1-2H3. The molecule has 3 rings (SSSR count). The van der Waals surface area contributed by atoms with E-state index in [1.54, 1.807) is 24.3 Å². The van der Waals surface area contributed by atoms with E-state index in [4.69, 9.17) is 10.00 Å². The van der Waals surface area contributed by atoms with E-state index in [1.165, 1.54) is 14.2 Å². The van der Waals surface area contributed by atoms with Gasteiger partial charge >= 0.3 is 5.97 Å². The predicted octanol–water partition coefficient (Wildman–Crippen LogP) is -0.0248. The fourth-order valence-corrected chi connectivity index (χ4v) is 3.41. The van der Waals surface area contributed by atoms with Gasteiger partial charge in [0.25, 0.3) is 0 Å². The summed E-state index contributed by atoms with van der Waals surface area (Å²) < 4.78 is 4.75. The lowest BCUT2D eigenvalue weighted by atomic mass is 9.86. The lowest BCUT2D eigenvalue weighted by Gasteiger charge is -2.19. The number of fused-ring (bicyclic) bond motifs is 1. The number of carbonyl (C=O) groups excluding carboxylic acids is 3. The minimum absolute atomic E-state index is 0.328. The molecule has 0 saturated carbocycles. The van der Waals surface area contributed by atoms with Crippen LogP contribution in [0.15, 0.2) is 24.3 Å². The number of rotatable bonds is 2. The Morgan fingerprint density at radius 2 is 2.00 bits per heavy atom. The first-order valence-electron chi connectivity index (χ1n) is 7.15. The number of esters is 1. The molecule has 2 aliphatic rings. The van der Waals surface area contributed by atoms with Crippen LogP contribution in [0, 0.1) is 23.2 Å². The van der Waals surface area contributed by atoms with E-state index in [1.807, 2.05) is 6.07 Å². The van der Waals surface area contributed by atoms with Crippen LogP contribution in [0.25, 0.3) is 0 Å². The van der Waals surface area contributed by atoms with Crippen molar-refractivity contribution in [2.75, 3.05) is 14.2 Å². The molecule has 7 heteroatoms. The first-order valence-corrected chi connectivity index (χ1v) is 7.15. The third kappa shape index (κ3) is 2.19. The molecule has 23 heavy (non-hydrogen) atoms. The smallest absolute Gasteiger partial charge is 0.323 e.